The van der Waals surface area contributed by atoms with E-state index < -0.39 is 10.0 Å². The Morgan fingerprint density at radius 2 is 1.92 bits per heavy atom. The molecule has 0 aliphatic heterocycles. The molecule has 0 aliphatic rings. The summed E-state index contributed by atoms with van der Waals surface area (Å²) in [6, 6.07) is 0.0185. The third kappa shape index (κ3) is 6.46. The van der Waals surface area contributed by atoms with Crippen LogP contribution in [0, 0.1) is 5.92 Å². The fourth-order valence-corrected chi connectivity index (χ4v) is 2.54. The molecule has 0 saturated heterocycles. The van der Waals surface area contributed by atoms with Gasteiger partial charge in [0.05, 0.1) is 5.75 Å². The lowest BCUT2D eigenvalue weighted by Gasteiger charge is -2.17. The smallest absolute Gasteiger partial charge is 0.211 e. The molecule has 13 heavy (non-hydrogen) atoms. The second-order valence-corrected chi connectivity index (χ2v) is 6.19. The molecule has 5 heteroatoms. The molecule has 3 nitrogen and oxygen atoms in total. The number of hydrogen-bond donors (Lipinski definition) is 1. The van der Waals surface area contributed by atoms with Crippen LogP contribution in [0.1, 0.15) is 27.2 Å². The van der Waals surface area contributed by atoms with Crippen LogP contribution in [-0.4, -0.2) is 25.5 Å². The lowest BCUT2D eigenvalue weighted by molar-refractivity contribution is 0.488. The Labute approximate surface area is 89.5 Å². The third-order valence-corrected chi connectivity index (χ3v) is 3.90. The van der Waals surface area contributed by atoms with Crippen LogP contribution < -0.4 is 4.72 Å². The van der Waals surface area contributed by atoms with Crippen molar-refractivity contribution in [1.29, 1.82) is 0 Å². The first-order valence-corrected chi connectivity index (χ1v) is 7.24. The molecule has 0 bridgehead atoms. The average molecular weight is 272 g/mol. The first-order valence-electron chi connectivity index (χ1n) is 4.47. The number of alkyl halides is 1. The minimum Gasteiger partial charge on any atom is -0.212 e. The number of hydrogen-bond acceptors (Lipinski definition) is 2. The van der Waals surface area contributed by atoms with E-state index in [0.29, 0.717) is 11.2 Å². The largest absolute Gasteiger partial charge is 0.212 e. The van der Waals surface area contributed by atoms with E-state index in [0.717, 1.165) is 6.42 Å². The Morgan fingerprint density at radius 3 is 2.23 bits per heavy atom. The van der Waals surface area contributed by atoms with Crippen molar-refractivity contribution in [3.05, 3.63) is 0 Å². The maximum absolute atomic E-state index is 11.2. The van der Waals surface area contributed by atoms with Crippen molar-refractivity contribution >= 4 is 26.0 Å². The van der Waals surface area contributed by atoms with Crippen molar-refractivity contribution in [3.8, 4) is 0 Å². The van der Waals surface area contributed by atoms with E-state index in [-0.39, 0.29) is 11.8 Å². The van der Waals surface area contributed by atoms with Gasteiger partial charge in [0.2, 0.25) is 10.0 Å². The molecule has 80 valence electrons. The number of halogens is 1. The summed E-state index contributed by atoms with van der Waals surface area (Å²) in [5, 5.41) is 0.671. The molecule has 0 aromatic carbocycles. The Kier molecular flexibility index (Phi) is 6.16. The second-order valence-electron chi connectivity index (χ2n) is 3.50. The summed E-state index contributed by atoms with van der Waals surface area (Å²) in [5.74, 6) is 0.649. The van der Waals surface area contributed by atoms with Crippen LogP contribution in [0.3, 0.4) is 0 Å². The van der Waals surface area contributed by atoms with Gasteiger partial charge in [-0.3, -0.25) is 0 Å². The molecular formula is C8H18BrNO2S. The van der Waals surface area contributed by atoms with Gasteiger partial charge in [0, 0.05) is 11.4 Å². The summed E-state index contributed by atoms with van der Waals surface area (Å²) in [6.07, 6.45) is 0.866. The van der Waals surface area contributed by atoms with Crippen LogP contribution in [0.5, 0.6) is 0 Å². The Bertz CT molecular complexity index is 226. The van der Waals surface area contributed by atoms with Gasteiger partial charge in [-0.2, -0.15) is 0 Å². The third-order valence-electron chi connectivity index (χ3n) is 1.67. The minimum atomic E-state index is -3.06. The van der Waals surface area contributed by atoms with Gasteiger partial charge in [-0.1, -0.05) is 29.8 Å². The highest BCUT2D eigenvalue weighted by molar-refractivity contribution is 9.09. The molecule has 0 fully saturated rings. The molecule has 1 N–H and O–H groups in total. The van der Waals surface area contributed by atoms with Gasteiger partial charge in [0.1, 0.15) is 0 Å². The van der Waals surface area contributed by atoms with Crippen LogP contribution in [0.2, 0.25) is 0 Å². The van der Waals surface area contributed by atoms with E-state index in [2.05, 4.69) is 34.5 Å². The molecule has 0 heterocycles. The normalized spacial score (nSPS) is 14.8. The van der Waals surface area contributed by atoms with Crippen molar-refractivity contribution < 1.29 is 8.42 Å². The lowest BCUT2D eigenvalue weighted by Crippen LogP contribution is -2.37. The van der Waals surface area contributed by atoms with Crippen LogP contribution in [0.15, 0.2) is 0 Å². The van der Waals surface area contributed by atoms with E-state index in [4.69, 9.17) is 0 Å². The van der Waals surface area contributed by atoms with Gasteiger partial charge in [0.25, 0.3) is 0 Å². The summed E-state index contributed by atoms with van der Waals surface area (Å²) in [7, 11) is -3.06. The first kappa shape index (κ1) is 13.4. The summed E-state index contributed by atoms with van der Waals surface area (Å²) in [5.41, 5.74) is 0. The predicted molar refractivity (Wildman–Crippen MR) is 59.6 cm³/mol. The van der Waals surface area contributed by atoms with Gasteiger partial charge in [-0.15, -0.1) is 0 Å². The van der Waals surface area contributed by atoms with Crippen molar-refractivity contribution in [2.75, 3.05) is 11.1 Å². The van der Waals surface area contributed by atoms with E-state index in [1.807, 2.05) is 0 Å². The van der Waals surface area contributed by atoms with E-state index >= 15 is 0 Å². The van der Waals surface area contributed by atoms with Gasteiger partial charge in [0.15, 0.2) is 0 Å². The monoisotopic (exact) mass is 271 g/mol. The zero-order valence-electron chi connectivity index (χ0n) is 8.38. The van der Waals surface area contributed by atoms with Crippen molar-refractivity contribution in [3.63, 3.8) is 0 Å². The fraction of sp³-hybridized carbons (Fsp3) is 1.00. The molecule has 1 atom stereocenters. The number of rotatable bonds is 6. The van der Waals surface area contributed by atoms with Crippen molar-refractivity contribution in [2.45, 2.75) is 33.2 Å². The number of nitrogens with one attached hydrogen (secondary N) is 1. The SMILES string of the molecule is CCS(=O)(=O)NC(CBr)CC(C)C. The molecule has 1 unspecified atom stereocenters. The lowest BCUT2D eigenvalue weighted by atomic mass is 10.1. The highest BCUT2D eigenvalue weighted by Crippen LogP contribution is 2.08. The maximum atomic E-state index is 11.2. The highest BCUT2D eigenvalue weighted by Gasteiger charge is 2.15. The van der Waals surface area contributed by atoms with Gasteiger partial charge >= 0.3 is 0 Å². The van der Waals surface area contributed by atoms with Gasteiger partial charge < -0.3 is 0 Å². The van der Waals surface area contributed by atoms with Gasteiger partial charge in [-0.05, 0) is 19.3 Å². The fourth-order valence-electron chi connectivity index (χ4n) is 1.05. The molecule has 0 aliphatic carbocycles. The van der Waals surface area contributed by atoms with Crippen molar-refractivity contribution in [2.24, 2.45) is 5.92 Å². The highest BCUT2D eigenvalue weighted by atomic mass is 79.9. The minimum absolute atomic E-state index is 0.0185. The quantitative estimate of drug-likeness (QED) is 0.748. The molecule has 0 aromatic rings. The summed E-state index contributed by atoms with van der Waals surface area (Å²) >= 11 is 3.30. The Hall–Kier alpha value is 0.390. The molecular weight excluding hydrogens is 254 g/mol. The average Bonchev–Trinajstić information content (AvgIpc) is 2.02. The molecule has 0 saturated carbocycles. The first-order chi connectivity index (χ1) is 5.91. The molecule has 0 aromatic heterocycles. The Morgan fingerprint density at radius 1 is 1.38 bits per heavy atom. The molecule has 0 radical (unpaired) electrons. The van der Waals surface area contributed by atoms with Crippen LogP contribution >= 0.6 is 15.9 Å². The van der Waals surface area contributed by atoms with Crippen LogP contribution in [-0.2, 0) is 10.0 Å². The van der Waals surface area contributed by atoms with Crippen LogP contribution in [0.25, 0.3) is 0 Å². The summed E-state index contributed by atoms with van der Waals surface area (Å²) < 4.78 is 25.1. The summed E-state index contributed by atoms with van der Waals surface area (Å²) in [4.78, 5) is 0. The maximum Gasteiger partial charge on any atom is 0.211 e. The number of sulfonamides is 1. The molecule has 0 spiro atoms. The standard InChI is InChI=1S/C8H18BrNO2S/c1-4-13(11,12)10-8(6-9)5-7(2)3/h7-8,10H,4-6H2,1-3H3. The van der Waals surface area contributed by atoms with E-state index in [1.165, 1.54) is 0 Å². The Balaban J connectivity index is 4.13. The van der Waals surface area contributed by atoms with E-state index in [1.54, 1.807) is 6.92 Å². The zero-order chi connectivity index (χ0) is 10.5. The second kappa shape index (κ2) is 5.98. The van der Waals surface area contributed by atoms with Crippen LogP contribution in [0.4, 0.5) is 0 Å². The summed E-state index contributed by atoms with van der Waals surface area (Å²) in [6.45, 7) is 5.80. The predicted octanol–water partition coefficient (Wildman–Crippen LogP) is 1.74. The molecule has 0 rings (SSSR count). The van der Waals surface area contributed by atoms with Crippen molar-refractivity contribution in [1.82, 2.24) is 4.72 Å². The zero-order valence-corrected chi connectivity index (χ0v) is 10.8. The van der Waals surface area contributed by atoms with E-state index in [9.17, 15) is 8.42 Å². The molecule has 0 amide bonds. The topological polar surface area (TPSA) is 46.2 Å². The van der Waals surface area contributed by atoms with Gasteiger partial charge in [-0.25, -0.2) is 13.1 Å².